The smallest absolute Gasteiger partial charge is 0.0556 e. The van der Waals surface area contributed by atoms with E-state index in [1.807, 2.05) is 11.8 Å². The Morgan fingerprint density at radius 3 is 1.81 bits per heavy atom. The van der Waals surface area contributed by atoms with Crippen LogP contribution >= 0.6 is 11.8 Å². The van der Waals surface area contributed by atoms with Gasteiger partial charge in [-0.05, 0) is 41.0 Å². The van der Waals surface area contributed by atoms with Crippen molar-refractivity contribution in [1.82, 2.24) is 0 Å². The molecule has 0 amide bonds. The van der Waals surface area contributed by atoms with Crippen molar-refractivity contribution in [3.8, 4) is 11.1 Å². The van der Waals surface area contributed by atoms with Crippen molar-refractivity contribution in [2.75, 3.05) is 4.90 Å². The molecule has 27 heavy (non-hydrogen) atoms. The van der Waals surface area contributed by atoms with Gasteiger partial charge in [0, 0.05) is 16.3 Å². The van der Waals surface area contributed by atoms with Gasteiger partial charge in [-0.1, -0.05) is 90.6 Å². The number of fused-ring (bicyclic) bond motifs is 2. The number of nitrogens with zero attached hydrogens (tertiary/aromatic N) is 1. The van der Waals surface area contributed by atoms with Gasteiger partial charge in [-0.25, -0.2) is 0 Å². The van der Waals surface area contributed by atoms with Crippen molar-refractivity contribution in [3.63, 3.8) is 0 Å². The standard InChI is InChI=1S/C25H19NS/c1-2-10-19(11-3-1)21-13-5-4-12-20(21)18-26-22-14-6-8-16-24(22)27-25-17-9-7-15-23(25)26/h1-17H,18H2. The number of hydrogen-bond donors (Lipinski definition) is 0. The normalized spacial score (nSPS) is 12.4. The monoisotopic (exact) mass is 365 g/mol. The third kappa shape index (κ3) is 3.02. The molecule has 1 heterocycles. The van der Waals surface area contributed by atoms with E-state index in [-0.39, 0.29) is 0 Å². The van der Waals surface area contributed by atoms with Gasteiger partial charge in [-0.15, -0.1) is 0 Å². The molecule has 0 spiro atoms. The van der Waals surface area contributed by atoms with E-state index in [9.17, 15) is 0 Å². The van der Waals surface area contributed by atoms with Gasteiger partial charge in [0.05, 0.1) is 11.4 Å². The summed E-state index contributed by atoms with van der Waals surface area (Å²) in [7, 11) is 0. The first-order valence-electron chi connectivity index (χ1n) is 9.17. The maximum Gasteiger partial charge on any atom is 0.0556 e. The molecule has 1 nitrogen and oxygen atoms in total. The van der Waals surface area contributed by atoms with Gasteiger partial charge in [0.2, 0.25) is 0 Å². The summed E-state index contributed by atoms with van der Waals surface area (Å²) in [4.78, 5) is 5.07. The van der Waals surface area contributed by atoms with Crippen LogP contribution in [0.3, 0.4) is 0 Å². The van der Waals surface area contributed by atoms with E-state index in [1.54, 1.807) is 0 Å². The van der Waals surface area contributed by atoms with Gasteiger partial charge in [-0.2, -0.15) is 0 Å². The maximum atomic E-state index is 2.45. The van der Waals surface area contributed by atoms with E-state index in [0.717, 1.165) is 6.54 Å². The van der Waals surface area contributed by atoms with Crippen LogP contribution in [0.25, 0.3) is 11.1 Å². The van der Waals surface area contributed by atoms with Crippen LogP contribution in [0.15, 0.2) is 113 Å². The second kappa shape index (κ2) is 6.98. The van der Waals surface area contributed by atoms with Crippen LogP contribution in [0, 0.1) is 0 Å². The quantitative estimate of drug-likeness (QED) is 0.379. The molecular formula is C25H19NS. The van der Waals surface area contributed by atoms with Crippen LogP contribution in [0.4, 0.5) is 11.4 Å². The van der Waals surface area contributed by atoms with Gasteiger partial charge < -0.3 is 4.90 Å². The van der Waals surface area contributed by atoms with Gasteiger partial charge in [0.1, 0.15) is 0 Å². The minimum Gasteiger partial charge on any atom is -0.335 e. The molecule has 0 aliphatic carbocycles. The van der Waals surface area contributed by atoms with Crippen molar-refractivity contribution in [1.29, 1.82) is 0 Å². The largest absolute Gasteiger partial charge is 0.335 e. The zero-order chi connectivity index (χ0) is 18.1. The highest BCUT2D eigenvalue weighted by Gasteiger charge is 2.23. The van der Waals surface area contributed by atoms with E-state index < -0.39 is 0 Å². The highest BCUT2D eigenvalue weighted by Crippen LogP contribution is 2.48. The Bertz CT molecular complexity index is 1040. The highest BCUT2D eigenvalue weighted by molar-refractivity contribution is 7.99. The summed E-state index contributed by atoms with van der Waals surface area (Å²) in [5.74, 6) is 0. The first-order valence-corrected chi connectivity index (χ1v) is 9.98. The fourth-order valence-corrected chi connectivity index (χ4v) is 4.78. The molecule has 0 atom stereocenters. The SMILES string of the molecule is c1ccc(-c2ccccc2CN2c3ccccc3Sc3ccccc32)cc1. The lowest BCUT2D eigenvalue weighted by Crippen LogP contribution is -2.20. The molecular weight excluding hydrogens is 346 g/mol. The Balaban J connectivity index is 1.62. The lowest BCUT2D eigenvalue weighted by atomic mass is 9.99. The zero-order valence-corrected chi connectivity index (χ0v) is 15.7. The molecule has 0 N–H and O–H groups in total. The number of rotatable bonds is 3. The van der Waals surface area contributed by atoms with Crippen LogP contribution in [0.1, 0.15) is 5.56 Å². The maximum absolute atomic E-state index is 2.45. The summed E-state index contributed by atoms with van der Waals surface area (Å²) in [5, 5.41) is 0. The van der Waals surface area contributed by atoms with E-state index in [4.69, 9.17) is 0 Å². The van der Waals surface area contributed by atoms with Crippen molar-refractivity contribution < 1.29 is 0 Å². The van der Waals surface area contributed by atoms with Gasteiger partial charge in [-0.3, -0.25) is 0 Å². The average Bonchev–Trinajstić information content (AvgIpc) is 2.74. The Morgan fingerprint density at radius 1 is 0.556 bits per heavy atom. The van der Waals surface area contributed by atoms with Crippen molar-refractivity contribution in [2.45, 2.75) is 16.3 Å². The molecule has 0 radical (unpaired) electrons. The predicted octanol–water partition coefficient (Wildman–Crippen LogP) is 7.16. The predicted molar refractivity (Wildman–Crippen MR) is 115 cm³/mol. The van der Waals surface area contributed by atoms with Crippen LogP contribution in [-0.4, -0.2) is 0 Å². The minimum absolute atomic E-state index is 0.847. The van der Waals surface area contributed by atoms with Crippen molar-refractivity contribution >= 4 is 23.1 Å². The molecule has 4 aromatic carbocycles. The molecule has 0 aromatic heterocycles. The summed E-state index contributed by atoms with van der Waals surface area (Å²) in [6, 6.07) is 36.8. The lowest BCUT2D eigenvalue weighted by Gasteiger charge is -2.33. The Morgan fingerprint density at radius 2 is 1.11 bits per heavy atom. The molecule has 5 rings (SSSR count). The molecule has 2 heteroatoms. The topological polar surface area (TPSA) is 3.24 Å². The molecule has 130 valence electrons. The van der Waals surface area contributed by atoms with Crippen molar-refractivity contribution in [2.24, 2.45) is 0 Å². The van der Waals surface area contributed by atoms with E-state index in [1.165, 1.54) is 37.9 Å². The van der Waals surface area contributed by atoms with Crippen LogP contribution in [-0.2, 0) is 6.54 Å². The first-order chi connectivity index (χ1) is 13.4. The lowest BCUT2D eigenvalue weighted by molar-refractivity contribution is 0.939. The number of hydrogen-bond acceptors (Lipinski definition) is 2. The molecule has 0 saturated heterocycles. The second-order valence-corrected chi connectivity index (χ2v) is 7.73. The Hall–Kier alpha value is -2.97. The van der Waals surface area contributed by atoms with E-state index in [2.05, 4.69) is 108 Å². The fraction of sp³-hybridized carbons (Fsp3) is 0.0400. The summed E-state index contributed by atoms with van der Waals surface area (Å²) < 4.78 is 0. The summed E-state index contributed by atoms with van der Waals surface area (Å²) >= 11 is 1.86. The van der Waals surface area contributed by atoms with Gasteiger partial charge in [0.15, 0.2) is 0 Å². The van der Waals surface area contributed by atoms with E-state index >= 15 is 0 Å². The Labute approximate surface area is 164 Å². The summed E-state index contributed by atoms with van der Waals surface area (Å²) in [5.41, 5.74) is 6.46. The van der Waals surface area contributed by atoms with Crippen LogP contribution in [0.5, 0.6) is 0 Å². The molecule has 1 aliphatic heterocycles. The average molecular weight is 366 g/mol. The molecule has 1 aliphatic rings. The van der Waals surface area contributed by atoms with E-state index in [0.29, 0.717) is 0 Å². The van der Waals surface area contributed by atoms with Gasteiger partial charge in [0.25, 0.3) is 0 Å². The minimum atomic E-state index is 0.847. The van der Waals surface area contributed by atoms with Crippen LogP contribution < -0.4 is 4.90 Å². The van der Waals surface area contributed by atoms with Crippen LogP contribution in [0.2, 0.25) is 0 Å². The molecule has 0 fully saturated rings. The van der Waals surface area contributed by atoms with Gasteiger partial charge >= 0.3 is 0 Å². The number of para-hydroxylation sites is 2. The summed E-state index contributed by atoms with van der Waals surface area (Å²) in [6.07, 6.45) is 0. The first kappa shape index (κ1) is 16.2. The number of benzene rings is 4. The Kier molecular flexibility index (Phi) is 4.19. The third-order valence-corrected chi connectivity index (χ3v) is 6.09. The third-order valence-electron chi connectivity index (χ3n) is 4.96. The second-order valence-electron chi connectivity index (χ2n) is 6.65. The fourth-order valence-electron chi connectivity index (χ4n) is 3.68. The zero-order valence-electron chi connectivity index (χ0n) is 14.9. The molecule has 4 aromatic rings. The molecule has 0 unspecified atom stereocenters. The molecule has 0 saturated carbocycles. The van der Waals surface area contributed by atoms with Crippen molar-refractivity contribution in [3.05, 3.63) is 109 Å². The highest BCUT2D eigenvalue weighted by atomic mass is 32.2. The summed E-state index contributed by atoms with van der Waals surface area (Å²) in [6.45, 7) is 0.847. The number of anilines is 2. The molecule has 0 bridgehead atoms.